The molecule has 2 aromatic carbocycles. The van der Waals surface area contributed by atoms with E-state index in [1.165, 1.54) is 0 Å². The van der Waals surface area contributed by atoms with Crippen LogP contribution in [-0.2, 0) is 4.74 Å². The average molecular weight is 507 g/mol. The Kier molecular flexibility index (Phi) is 8.69. The molecule has 1 fully saturated rings. The van der Waals surface area contributed by atoms with E-state index < -0.39 is 0 Å². The molecule has 1 atom stereocenters. The van der Waals surface area contributed by atoms with Crippen molar-refractivity contribution in [1.29, 1.82) is 0 Å². The molecule has 0 aliphatic carbocycles. The first-order valence-corrected chi connectivity index (χ1v) is 11.5. The minimum absolute atomic E-state index is 0.147. The number of carbonyl (C=O) groups is 1. The summed E-state index contributed by atoms with van der Waals surface area (Å²) in [5.74, 6) is 1.23. The van der Waals surface area contributed by atoms with Crippen molar-refractivity contribution in [3.63, 3.8) is 0 Å². The Bertz CT molecular complexity index is 916. The number of hydrogen-bond donors (Lipinski definition) is 2. The van der Waals surface area contributed by atoms with Crippen molar-refractivity contribution in [3.05, 3.63) is 52.5 Å². The predicted molar refractivity (Wildman–Crippen MR) is 129 cm³/mol. The zero-order chi connectivity index (χ0) is 22.2. The van der Waals surface area contributed by atoms with Crippen molar-refractivity contribution in [2.45, 2.75) is 32.8 Å². The van der Waals surface area contributed by atoms with Gasteiger partial charge in [0.2, 0.25) is 0 Å². The number of carbonyl (C=O) groups excluding carboxylic acids is 1. The Morgan fingerprint density at radius 2 is 2.10 bits per heavy atom. The first-order chi connectivity index (χ1) is 14.9. The van der Waals surface area contributed by atoms with Gasteiger partial charge in [0.25, 0.3) is 5.91 Å². The molecule has 1 heterocycles. The van der Waals surface area contributed by atoms with Crippen LogP contribution in [-0.4, -0.2) is 36.9 Å². The van der Waals surface area contributed by atoms with Gasteiger partial charge in [-0.15, -0.1) is 0 Å². The largest absolute Gasteiger partial charge is 0.492 e. The van der Waals surface area contributed by atoms with Gasteiger partial charge < -0.3 is 19.5 Å². The topological polar surface area (TPSA) is 68.8 Å². The van der Waals surface area contributed by atoms with Crippen LogP contribution < -0.4 is 20.1 Å². The fourth-order valence-corrected chi connectivity index (χ4v) is 3.59. The van der Waals surface area contributed by atoms with E-state index in [9.17, 15) is 4.79 Å². The second-order valence-electron chi connectivity index (χ2n) is 7.73. The van der Waals surface area contributed by atoms with Crippen molar-refractivity contribution in [1.82, 2.24) is 5.32 Å². The van der Waals surface area contributed by atoms with E-state index in [2.05, 4.69) is 40.4 Å². The highest BCUT2D eigenvalue weighted by molar-refractivity contribution is 9.10. The maximum atomic E-state index is 12.8. The molecule has 1 aliphatic rings. The number of amides is 1. The van der Waals surface area contributed by atoms with E-state index >= 15 is 0 Å². The predicted octanol–water partition coefficient (Wildman–Crippen LogP) is 5.17. The lowest BCUT2D eigenvalue weighted by Crippen LogP contribution is -2.34. The zero-order valence-electron chi connectivity index (χ0n) is 17.7. The Balaban J connectivity index is 1.58. The van der Waals surface area contributed by atoms with Gasteiger partial charge in [-0.3, -0.25) is 10.1 Å². The first kappa shape index (κ1) is 23.5. The third-order valence-corrected chi connectivity index (χ3v) is 5.23. The van der Waals surface area contributed by atoms with Crippen molar-refractivity contribution < 1.29 is 19.0 Å². The molecule has 1 amide bonds. The second kappa shape index (κ2) is 11.5. The van der Waals surface area contributed by atoms with Crippen LogP contribution in [0, 0.1) is 5.92 Å². The first-order valence-electron chi connectivity index (χ1n) is 10.3. The van der Waals surface area contributed by atoms with Crippen LogP contribution in [0.3, 0.4) is 0 Å². The quantitative estimate of drug-likeness (QED) is 0.481. The number of halogens is 1. The van der Waals surface area contributed by atoms with Crippen LogP contribution in [0.1, 0.15) is 37.0 Å². The van der Waals surface area contributed by atoms with E-state index in [1.54, 1.807) is 12.1 Å². The van der Waals surface area contributed by atoms with Gasteiger partial charge in [0, 0.05) is 22.8 Å². The van der Waals surface area contributed by atoms with E-state index in [4.69, 9.17) is 26.4 Å². The van der Waals surface area contributed by atoms with Crippen LogP contribution in [0.4, 0.5) is 5.69 Å². The molecule has 166 valence electrons. The van der Waals surface area contributed by atoms with Gasteiger partial charge >= 0.3 is 0 Å². The summed E-state index contributed by atoms with van der Waals surface area (Å²) in [5, 5.41) is 5.94. The standard InChI is InChI=1S/C23H27BrN2O4S/c1-15(2)13-30-21-9-8-16(24)11-20(21)22(27)26-23(31)25-17-5-3-6-18(12-17)29-14-19-7-4-10-28-19/h3,5-6,8-9,11-12,15,19H,4,7,10,13-14H2,1-2H3,(H2,25,26,27,31). The van der Waals surface area contributed by atoms with E-state index in [-0.39, 0.29) is 17.1 Å². The molecule has 2 aromatic rings. The Labute approximate surface area is 196 Å². The number of nitrogens with one attached hydrogen (secondary N) is 2. The van der Waals surface area contributed by atoms with Crippen LogP contribution >= 0.6 is 28.1 Å². The molecular formula is C23H27BrN2O4S. The Morgan fingerprint density at radius 3 is 2.84 bits per heavy atom. The van der Waals surface area contributed by atoms with Crippen LogP contribution in [0.2, 0.25) is 0 Å². The summed E-state index contributed by atoms with van der Waals surface area (Å²) in [6, 6.07) is 12.8. The maximum absolute atomic E-state index is 12.8. The summed E-state index contributed by atoms with van der Waals surface area (Å²) in [6.07, 6.45) is 2.24. The monoisotopic (exact) mass is 506 g/mol. The van der Waals surface area contributed by atoms with Gasteiger partial charge in [-0.05, 0) is 61.3 Å². The number of hydrogen-bond acceptors (Lipinski definition) is 5. The molecule has 3 rings (SSSR count). The normalized spacial score (nSPS) is 15.5. The van der Waals surface area contributed by atoms with Crippen molar-refractivity contribution >= 4 is 44.9 Å². The molecule has 0 bridgehead atoms. The summed E-state index contributed by atoms with van der Waals surface area (Å²) >= 11 is 8.74. The molecule has 6 nitrogen and oxygen atoms in total. The molecule has 8 heteroatoms. The van der Waals surface area contributed by atoms with Crippen LogP contribution in [0.5, 0.6) is 11.5 Å². The highest BCUT2D eigenvalue weighted by atomic mass is 79.9. The lowest BCUT2D eigenvalue weighted by Gasteiger charge is -2.15. The maximum Gasteiger partial charge on any atom is 0.261 e. The molecule has 0 spiro atoms. The third kappa shape index (κ3) is 7.48. The van der Waals surface area contributed by atoms with Crippen molar-refractivity contribution in [3.8, 4) is 11.5 Å². The number of benzene rings is 2. The second-order valence-corrected chi connectivity index (χ2v) is 9.05. The summed E-state index contributed by atoms with van der Waals surface area (Å²) in [7, 11) is 0. The summed E-state index contributed by atoms with van der Waals surface area (Å²) in [6.45, 7) is 5.94. The fraction of sp³-hybridized carbons (Fsp3) is 0.391. The van der Waals surface area contributed by atoms with Gasteiger partial charge in [0.1, 0.15) is 18.1 Å². The lowest BCUT2D eigenvalue weighted by atomic mass is 10.2. The molecular weight excluding hydrogens is 480 g/mol. The average Bonchev–Trinajstić information content (AvgIpc) is 3.25. The molecule has 1 saturated heterocycles. The molecule has 1 unspecified atom stereocenters. The molecule has 0 radical (unpaired) electrons. The number of rotatable bonds is 8. The Hall–Kier alpha value is -2.16. The minimum atomic E-state index is -0.344. The lowest BCUT2D eigenvalue weighted by molar-refractivity contribution is 0.0680. The molecule has 31 heavy (non-hydrogen) atoms. The molecule has 0 aromatic heterocycles. The SMILES string of the molecule is CC(C)COc1ccc(Br)cc1C(=O)NC(=S)Nc1cccc(OCC2CCCO2)c1. The van der Waals surface area contributed by atoms with E-state index in [0.717, 1.165) is 29.6 Å². The van der Waals surface area contributed by atoms with Gasteiger partial charge in [0.05, 0.1) is 18.3 Å². The van der Waals surface area contributed by atoms with Gasteiger partial charge in [0.15, 0.2) is 5.11 Å². The molecule has 0 saturated carbocycles. The molecule has 2 N–H and O–H groups in total. The summed E-state index contributed by atoms with van der Waals surface area (Å²) in [5.41, 5.74) is 1.13. The van der Waals surface area contributed by atoms with E-state index in [0.29, 0.717) is 36.2 Å². The van der Waals surface area contributed by atoms with Crippen LogP contribution in [0.25, 0.3) is 0 Å². The number of thiocarbonyl (C=S) groups is 1. The summed E-state index contributed by atoms with van der Waals surface area (Å²) in [4.78, 5) is 12.8. The highest BCUT2D eigenvalue weighted by Crippen LogP contribution is 2.24. The molecule has 1 aliphatic heterocycles. The Morgan fingerprint density at radius 1 is 1.26 bits per heavy atom. The highest BCUT2D eigenvalue weighted by Gasteiger charge is 2.17. The summed E-state index contributed by atoms with van der Waals surface area (Å²) < 4.78 is 18.0. The number of ether oxygens (including phenoxy) is 3. The van der Waals surface area contributed by atoms with Crippen LogP contribution in [0.15, 0.2) is 46.9 Å². The van der Waals surface area contributed by atoms with E-state index in [1.807, 2.05) is 30.3 Å². The number of anilines is 1. The van der Waals surface area contributed by atoms with Crippen molar-refractivity contribution in [2.24, 2.45) is 5.92 Å². The third-order valence-electron chi connectivity index (χ3n) is 4.54. The van der Waals surface area contributed by atoms with Gasteiger partial charge in [-0.25, -0.2) is 0 Å². The van der Waals surface area contributed by atoms with Gasteiger partial charge in [-0.1, -0.05) is 35.8 Å². The minimum Gasteiger partial charge on any atom is -0.492 e. The van der Waals surface area contributed by atoms with Crippen molar-refractivity contribution in [2.75, 3.05) is 25.1 Å². The smallest absolute Gasteiger partial charge is 0.261 e. The zero-order valence-corrected chi connectivity index (χ0v) is 20.1. The fourth-order valence-electron chi connectivity index (χ4n) is 3.02. The van der Waals surface area contributed by atoms with Gasteiger partial charge in [-0.2, -0.15) is 0 Å².